The number of nitrogens with zero attached hydrogens (tertiary/aromatic N) is 2. The van der Waals surface area contributed by atoms with E-state index in [0.717, 1.165) is 12.6 Å². The van der Waals surface area contributed by atoms with E-state index in [0.29, 0.717) is 17.9 Å². The predicted molar refractivity (Wildman–Crippen MR) is 73.7 cm³/mol. The summed E-state index contributed by atoms with van der Waals surface area (Å²) in [5.74, 6) is 0. The zero-order valence-corrected chi connectivity index (χ0v) is 12.3. The Morgan fingerprint density at radius 2 is 2.21 bits per heavy atom. The van der Waals surface area contributed by atoms with Gasteiger partial charge >= 0.3 is 5.69 Å². The minimum atomic E-state index is -3.74. The van der Waals surface area contributed by atoms with Crippen molar-refractivity contribution in [3.63, 3.8) is 0 Å². The first kappa shape index (κ1) is 15.8. The summed E-state index contributed by atoms with van der Waals surface area (Å²) in [5, 5.41) is 10.5. The monoisotopic (exact) mass is 308 g/mol. The van der Waals surface area contributed by atoms with Crippen LogP contribution in [-0.2, 0) is 10.0 Å². The Balaban J connectivity index is 2.78. The fraction of sp³-hybridized carbons (Fsp3) is 0.556. The van der Waals surface area contributed by atoms with E-state index in [1.54, 1.807) is 0 Å². The number of anilines is 1. The van der Waals surface area contributed by atoms with Gasteiger partial charge in [-0.1, -0.05) is 18.3 Å². The number of nitrogens with one attached hydrogen (secondary N) is 1. The van der Waals surface area contributed by atoms with Gasteiger partial charge in [-0.15, -0.1) is 0 Å². The molecule has 1 aromatic rings. The molecule has 0 bridgehead atoms. The molecule has 10 heteroatoms. The Morgan fingerprint density at radius 3 is 2.68 bits per heavy atom. The summed E-state index contributed by atoms with van der Waals surface area (Å²) in [6.07, 6.45) is 0. The average molecular weight is 308 g/mol. The molecule has 0 saturated carbocycles. The molecule has 0 atom stereocenters. The summed E-state index contributed by atoms with van der Waals surface area (Å²) in [7, 11) is -1.88. The molecule has 1 aromatic heterocycles. The van der Waals surface area contributed by atoms with Gasteiger partial charge in [0.05, 0.1) is 4.92 Å². The summed E-state index contributed by atoms with van der Waals surface area (Å²) < 4.78 is 26.0. The van der Waals surface area contributed by atoms with Crippen LogP contribution in [0.3, 0.4) is 0 Å². The maximum Gasteiger partial charge on any atom is 0.304 e. The number of likely N-dealkylation sites (N-methyl/N-ethyl adjacent to an activating group) is 1. The van der Waals surface area contributed by atoms with Crippen molar-refractivity contribution in [1.82, 2.24) is 9.62 Å². The van der Waals surface area contributed by atoms with Gasteiger partial charge in [0.25, 0.3) is 0 Å². The first-order valence-electron chi connectivity index (χ1n) is 5.49. The molecule has 0 aliphatic carbocycles. The van der Waals surface area contributed by atoms with Crippen LogP contribution in [0.25, 0.3) is 0 Å². The number of thiophene rings is 1. The summed E-state index contributed by atoms with van der Waals surface area (Å²) in [4.78, 5) is 11.9. The highest BCUT2D eigenvalue weighted by molar-refractivity contribution is 7.91. The molecular formula is C9H16N4O4S2. The van der Waals surface area contributed by atoms with Crippen molar-refractivity contribution in [2.75, 3.05) is 32.4 Å². The number of nitrogen functional groups attached to an aromatic ring is 1. The third-order valence-electron chi connectivity index (χ3n) is 2.50. The highest BCUT2D eigenvalue weighted by Crippen LogP contribution is 2.34. The molecule has 19 heavy (non-hydrogen) atoms. The molecule has 0 saturated heterocycles. The fourth-order valence-electron chi connectivity index (χ4n) is 1.25. The van der Waals surface area contributed by atoms with Crippen LogP contribution in [0.1, 0.15) is 6.92 Å². The van der Waals surface area contributed by atoms with Crippen LogP contribution in [0.2, 0.25) is 0 Å². The Morgan fingerprint density at radius 1 is 1.58 bits per heavy atom. The minimum absolute atomic E-state index is 0.115. The number of rotatable bonds is 7. The number of hydrogen-bond acceptors (Lipinski definition) is 7. The number of nitrogens with two attached hydrogens (primary N) is 1. The van der Waals surface area contributed by atoms with Crippen LogP contribution in [0.5, 0.6) is 0 Å². The van der Waals surface area contributed by atoms with Gasteiger partial charge in [-0.2, -0.15) is 0 Å². The lowest BCUT2D eigenvalue weighted by Crippen LogP contribution is -2.32. The minimum Gasteiger partial charge on any atom is -0.385 e. The molecule has 0 aliphatic heterocycles. The summed E-state index contributed by atoms with van der Waals surface area (Å²) >= 11 is 0.686. The molecule has 3 N–H and O–H groups in total. The van der Waals surface area contributed by atoms with Crippen molar-refractivity contribution in [2.24, 2.45) is 0 Å². The second-order valence-electron chi connectivity index (χ2n) is 3.87. The summed E-state index contributed by atoms with van der Waals surface area (Å²) in [6.45, 7) is 3.55. The van der Waals surface area contributed by atoms with E-state index in [2.05, 4.69) is 4.72 Å². The number of nitro groups is 1. The van der Waals surface area contributed by atoms with Crippen LogP contribution in [0, 0.1) is 10.1 Å². The van der Waals surface area contributed by atoms with Gasteiger partial charge in [0.2, 0.25) is 10.0 Å². The third kappa shape index (κ3) is 4.13. The largest absolute Gasteiger partial charge is 0.385 e. The second kappa shape index (κ2) is 6.28. The van der Waals surface area contributed by atoms with Gasteiger partial charge in [-0.05, 0) is 13.6 Å². The molecule has 1 rings (SSSR count). The molecule has 1 heterocycles. The number of sulfonamides is 1. The van der Waals surface area contributed by atoms with Crippen molar-refractivity contribution in [1.29, 1.82) is 0 Å². The van der Waals surface area contributed by atoms with Crippen LogP contribution in [0.4, 0.5) is 10.7 Å². The Kier molecular flexibility index (Phi) is 5.23. The van der Waals surface area contributed by atoms with E-state index in [1.807, 2.05) is 18.9 Å². The molecule has 0 fully saturated rings. The summed E-state index contributed by atoms with van der Waals surface area (Å²) in [5.41, 5.74) is 5.04. The molecule has 0 radical (unpaired) electrons. The SMILES string of the molecule is CCN(C)CCNS(=O)(=O)c1cc([N+](=O)[O-])c(N)s1. The van der Waals surface area contributed by atoms with Gasteiger partial charge in [-0.25, -0.2) is 13.1 Å². The molecule has 8 nitrogen and oxygen atoms in total. The van der Waals surface area contributed by atoms with E-state index in [4.69, 9.17) is 5.73 Å². The first-order valence-corrected chi connectivity index (χ1v) is 7.79. The molecule has 0 aliphatic rings. The normalized spacial score (nSPS) is 11.9. The lowest BCUT2D eigenvalue weighted by atomic mass is 10.5. The average Bonchev–Trinajstić information content (AvgIpc) is 2.71. The van der Waals surface area contributed by atoms with Crippen LogP contribution >= 0.6 is 11.3 Å². The molecule has 108 valence electrons. The molecular weight excluding hydrogens is 292 g/mol. The Bertz CT molecular complexity index is 555. The predicted octanol–water partition coefficient (Wildman–Crippen LogP) is 0.469. The fourth-order valence-corrected chi connectivity index (χ4v) is 3.53. The quantitative estimate of drug-likeness (QED) is 0.558. The van der Waals surface area contributed by atoms with E-state index in [-0.39, 0.29) is 21.4 Å². The van der Waals surface area contributed by atoms with E-state index >= 15 is 0 Å². The van der Waals surface area contributed by atoms with Crippen LogP contribution in [-0.4, -0.2) is 44.9 Å². The van der Waals surface area contributed by atoms with Crippen molar-refractivity contribution in [2.45, 2.75) is 11.1 Å². The van der Waals surface area contributed by atoms with Gasteiger partial charge in [0.1, 0.15) is 4.21 Å². The molecule has 0 amide bonds. The molecule has 0 spiro atoms. The lowest BCUT2D eigenvalue weighted by Gasteiger charge is -2.13. The second-order valence-corrected chi connectivity index (χ2v) is 6.94. The van der Waals surface area contributed by atoms with E-state index < -0.39 is 14.9 Å². The molecule has 0 aromatic carbocycles. The number of hydrogen-bond donors (Lipinski definition) is 2. The lowest BCUT2D eigenvalue weighted by molar-refractivity contribution is -0.383. The third-order valence-corrected chi connectivity index (χ3v) is 5.39. The van der Waals surface area contributed by atoms with Gasteiger partial charge in [0.15, 0.2) is 5.00 Å². The molecule has 0 unspecified atom stereocenters. The zero-order chi connectivity index (χ0) is 14.6. The van der Waals surface area contributed by atoms with Gasteiger partial charge in [0, 0.05) is 19.2 Å². The van der Waals surface area contributed by atoms with Crippen LogP contribution < -0.4 is 10.5 Å². The van der Waals surface area contributed by atoms with Gasteiger partial charge < -0.3 is 10.6 Å². The zero-order valence-electron chi connectivity index (χ0n) is 10.6. The Labute approximate surface area is 115 Å². The van der Waals surface area contributed by atoms with Crippen molar-refractivity contribution < 1.29 is 13.3 Å². The van der Waals surface area contributed by atoms with Crippen molar-refractivity contribution in [3.05, 3.63) is 16.2 Å². The topological polar surface area (TPSA) is 119 Å². The van der Waals surface area contributed by atoms with Crippen LogP contribution in [0.15, 0.2) is 10.3 Å². The maximum absolute atomic E-state index is 11.9. The van der Waals surface area contributed by atoms with Gasteiger partial charge in [-0.3, -0.25) is 10.1 Å². The van der Waals surface area contributed by atoms with E-state index in [1.165, 1.54) is 0 Å². The highest BCUT2D eigenvalue weighted by Gasteiger charge is 2.24. The standard InChI is InChI=1S/C9H16N4O4S2/c1-3-12(2)5-4-11-19(16,17)8-6-7(13(14)15)9(10)18-8/h6,11H,3-5,10H2,1-2H3. The maximum atomic E-state index is 11.9. The summed E-state index contributed by atoms with van der Waals surface area (Å²) in [6, 6.07) is 0.978. The van der Waals surface area contributed by atoms with E-state index in [9.17, 15) is 18.5 Å². The highest BCUT2D eigenvalue weighted by atomic mass is 32.2. The Hall–Kier alpha value is -1.23. The van der Waals surface area contributed by atoms with Crippen molar-refractivity contribution >= 4 is 32.0 Å². The smallest absolute Gasteiger partial charge is 0.304 e. The first-order chi connectivity index (χ1) is 8.77. The van der Waals surface area contributed by atoms with Crippen molar-refractivity contribution in [3.8, 4) is 0 Å².